The molecule has 2 aromatic heterocycles. The monoisotopic (exact) mass is 277 g/mol. The largest absolute Gasteiger partial charge is 0.378 e. The number of rotatable bonds is 3. The van der Waals surface area contributed by atoms with Crippen LogP contribution in [0.4, 0.5) is 0 Å². The van der Waals surface area contributed by atoms with Gasteiger partial charge in [-0.05, 0) is 13.8 Å². The van der Waals surface area contributed by atoms with E-state index in [-0.39, 0.29) is 12.5 Å². The Morgan fingerprint density at radius 3 is 2.80 bits per heavy atom. The second-order valence-electron chi connectivity index (χ2n) is 4.93. The van der Waals surface area contributed by atoms with Gasteiger partial charge in [-0.3, -0.25) is 14.2 Å². The summed E-state index contributed by atoms with van der Waals surface area (Å²) in [5, 5.41) is 8.80. The minimum Gasteiger partial charge on any atom is -0.378 e. The highest BCUT2D eigenvalue weighted by Crippen LogP contribution is 2.18. The molecular formula is C13H19N5O2. The molecule has 1 aliphatic rings. The normalized spacial score (nSPS) is 16.0. The summed E-state index contributed by atoms with van der Waals surface area (Å²) in [7, 11) is 0. The fraction of sp³-hybridized carbons (Fsp3) is 0.615. The van der Waals surface area contributed by atoms with Crippen molar-refractivity contribution >= 4 is 16.9 Å². The van der Waals surface area contributed by atoms with Crippen LogP contribution in [0.15, 0.2) is 6.20 Å². The highest BCUT2D eigenvalue weighted by molar-refractivity contribution is 5.81. The molecule has 20 heavy (non-hydrogen) atoms. The third-order valence-corrected chi connectivity index (χ3v) is 3.66. The Morgan fingerprint density at radius 1 is 1.35 bits per heavy atom. The maximum absolute atomic E-state index is 12.3. The lowest BCUT2D eigenvalue weighted by Gasteiger charge is -2.26. The number of aryl methyl sites for hydroxylation is 2. The first-order valence-electron chi connectivity index (χ1n) is 6.95. The number of amides is 1. The number of aromatic nitrogens is 4. The molecule has 0 unspecified atom stereocenters. The predicted octanol–water partition coefficient (Wildman–Crippen LogP) is 0.420. The molecule has 1 saturated heterocycles. The van der Waals surface area contributed by atoms with E-state index < -0.39 is 0 Å². The summed E-state index contributed by atoms with van der Waals surface area (Å²) >= 11 is 0. The van der Waals surface area contributed by atoms with Crippen molar-refractivity contribution in [1.29, 1.82) is 0 Å². The van der Waals surface area contributed by atoms with Gasteiger partial charge in [0.05, 0.1) is 25.1 Å². The molecule has 3 rings (SSSR count). The van der Waals surface area contributed by atoms with Gasteiger partial charge in [0.25, 0.3) is 0 Å². The Morgan fingerprint density at radius 2 is 2.10 bits per heavy atom. The number of carbonyl (C=O) groups excluding carboxylic acids is 1. The molecule has 0 aromatic carbocycles. The quantitative estimate of drug-likeness (QED) is 0.815. The van der Waals surface area contributed by atoms with Gasteiger partial charge in [0, 0.05) is 19.6 Å². The van der Waals surface area contributed by atoms with Gasteiger partial charge < -0.3 is 9.64 Å². The zero-order chi connectivity index (χ0) is 14.1. The molecule has 1 amide bonds. The van der Waals surface area contributed by atoms with Crippen molar-refractivity contribution < 1.29 is 9.53 Å². The van der Waals surface area contributed by atoms with Gasteiger partial charge in [-0.1, -0.05) is 0 Å². The van der Waals surface area contributed by atoms with E-state index in [0.29, 0.717) is 26.3 Å². The van der Waals surface area contributed by atoms with E-state index in [4.69, 9.17) is 4.74 Å². The summed E-state index contributed by atoms with van der Waals surface area (Å²) in [5.41, 5.74) is 2.85. The summed E-state index contributed by atoms with van der Waals surface area (Å²) in [6.07, 6.45) is 1.78. The molecule has 108 valence electrons. The van der Waals surface area contributed by atoms with Gasteiger partial charge in [0.2, 0.25) is 5.91 Å². The van der Waals surface area contributed by atoms with Crippen LogP contribution in [-0.2, 0) is 22.6 Å². The van der Waals surface area contributed by atoms with Gasteiger partial charge in [-0.2, -0.15) is 10.2 Å². The van der Waals surface area contributed by atoms with Crippen LogP contribution in [0.1, 0.15) is 12.6 Å². The minimum atomic E-state index is 0.0851. The van der Waals surface area contributed by atoms with Crippen LogP contribution in [0.3, 0.4) is 0 Å². The summed E-state index contributed by atoms with van der Waals surface area (Å²) in [6, 6.07) is 0. The Kier molecular flexibility index (Phi) is 3.43. The number of hydrogen-bond donors (Lipinski definition) is 0. The molecule has 0 aliphatic carbocycles. The number of morpholine rings is 1. The van der Waals surface area contributed by atoms with Crippen LogP contribution in [0.25, 0.3) is 11.0 Å². The van der Waals surface area contributed by atoms with E-state index in [9.17, 15) is 4.79 Å². The molecule has 0 atom stereocenters. The molecule has 2 aromatic rings. The van der Waals surface area contributed by atoms with Gasteiger partial charge >= 0.3 is 0 Å². The maximum Gasteiger partial charge on any atom is 0.244 e. The molecule has 0 spiro atoms. The average Bonchev–Trinajstić information content (AvgIpc) is 3.02. The van der Waals surface area contributed by atoms with E-state index in [2.05, 4.69) is 10.2 Å². The van der Waals surface area contributed by atoms with Crippen molar-refractivity contribution in [3.05, 3.63) is 11.9 Å². The third kappa shape index (κ3) is 2.18. The van der Waals surface area contributed by atoms with Gasteiger partial charge in [0.1, 0.15) is 17.6 Å². The van der Waals surface area contributed by atoms with Gasteiger partial charge in [-0.25, -0.2) is 0 Å². The fourth-order valence-electron chi connectivity index (χ4n) is 2.62. The summed E-state index contributed by atoms with van der Waals surface area (Å²) in [5.74, 6) is 0.0851. The molecule has 0 saturated carbocycles. The van der Waals surface area contributed by atoms with Crippen LogP contribution in [0.2, 0.25) is 0 Å². The Bertz CT molecular complexity index is 624. The SMILES string of the molecule is CCn1nc(C)c2c1cnn2CC(=O)N1CCOCC1. The number of carbonyl (C=O) groups is 1. The van der Waals surface area contributed by atoms with Gasteiger partial charge in [-0.15, -0.1) is 0 Å². The summed E-state index contributed by atoms with van der Waals surface area (Å²) in [4.78, 5) is 14.1. The second kappa shape index (κ2) is 5.24. The van der Waals surface area contributed by atoms with E-state index in [1.807, 2.05) is 23.4 Å². The molecule has 1 aliphatic heterocycles. The van der Waals surface area contributed by atoms with Crippen LogP contribution in [0.5, 0.6) is 0 Å². The Balaban J connectivity index is 1.83. The van der Waals surface area contributed by atoms with E-state index in [1.165, 1.54) is 0 Å². The van der Waals surface area contributed by atoms with Crippen molar-refractivity contribution in [3.8, 4) is 0 Å². The molecule has 1 fully saturated rings. The van der Waals surface area contributed by atoms with E-state index in [0.717, 1.165) is 23.3 Å². The maximum atomic E-state index is 12.3. The standard InChI is InChI=1S/C13H19N5O2/c1-3-17-11-8-14-18(13(11)10(2)15-17)9-12(19)16-4-6-20-7-5-16/h8H,3-7,9H2,1-2H3. The Hall–Kier alpha value is -1.89. The molecule has 0 N–H and O–H groups in total. The fourth-order valence-corrected chi connectivity index (χ4v) is 2.62. The Labute approximate surface area is 117 Å². The third-order valence-electron chi connectivity index (χ3n) is 3.66. The lowest BCUT2D eigenvalue weighted by Crippen LogP contribution is -2.42. The van der Waals surface area contributed by atoms with Crippen molar-refractivity contribution in [2.45, 2.75) is 26.9 Å². The topological polar surface area (TPSA) is 65.2 Å². The van der Waals surface area contributed by atoms with E-state index >= 15 is 0 Å². The molecular weight excluding hydrogens is 258 g/mol. The van der Waals surface area contributed by atoms with Gasteiger partial charge in [0.15, 0.2) is 0 Å². The van der Waals surface area contributed by atoms with Crippen molar-refractivity contribution in [3.63, 3.8) is 0 Å². The van der Waals surface area contributed by atoms with Crippen LogP contribution >= 0.6 is 0 Å². The second-order valence-corrected chi connectivity index (χ2v) is 4.93. The first-order valence-corrected chi connectivity index (χ1v) is 6.95. The highest BCUT2D eigenvalue weighted by atomic mass is 16.5. The van der Waals surface area contributed by atoms with Crippen LogP contribution in [-0.4, -0.2) is 56.7 Å². The lowest BCUT2D eigenvalue weighted by atomic mass is 10.3. The lowest BCUT2D eigenvalue weighted by molar-refractivity contribution is -0.136. The van der Waals surface area contributed by atoms with Crippen molar-refractivity contribution in [1.82, 2.24) is 24.5 Å². The minimum absolute atomic E-state index is 0.0851. The average molecular weight is 277 g/mol. The van der Waals surface area contributed by atoms with Crippen molar-refractivity contribution in [2.75, 3.05) is 26.3 Å². The van der Waals surface area contributed by atoms with Crippen LogP contribution < -0.4 is 0 Å². The smallest absolute Gasteiger partial charge is 0.244 e. The highest BCUT2D eigenvalue weighted by Gasteiger charge is 2.20. The molecule has 0 bridgehead atoms. The molecule has 3 heterocycles. The number of nitrogens with zero attached hydrogens (tertiary/aromatic N) is 5. The first-order chi connectivity index (χ1) is 9.70. The molecule has 7 heteroatoms. The summed E-state index contributed by atoms with van der Waals surface area (Å²) in [6.45, 7) is 7.62. The molecule has 7 nitrogen and oxygen atoms in total. The van der Waals surface area contributed by atoms with E-state index in [1.54, 1.807) is 10.9 Å². The number of hydrogen-bond acceptors (Lipinski definition) is 4. The predicted molar refractivity (Wildman–Crippen MR) is 73.3 cm³/mol. The number of ether oxygens (including phenoxy) is 1. The van der Waals surface area contributed by atoms with Crippen LogP contribution in [0, 0.1) is 6.92 Å². The molecule has 0 radical (unpaired) electrons. The zero-order valence-electron chi connectivity index (χ0n) is 11.9. The zero-order valence-corrected chi connectivity index (χ0v) is 11.9. The first kappa shape index (κ1) is 13.1. The number of fused-ring (bicyclic) bond motifs is 1. The summed E-state index contributed by atoms with van der Waals surface area (Å²) < 4.78 is 8.92. The van der Waals surface area contributed by atoms with Crippen molar-refractivity contribution in [2.24, 2.45) is 0 Å².